The van der Waals surface area contributed by atoms with Gasteiger partial charge in [-0.1, -0.05) is 42.3 Å². The molecule has 1 unspecified atom stereocenters. The van der Waals surface area contributed by atoms with E-state index in [1.807, 2.05) is 48.7 Å². The molecule has 0 fully saturated rings. The minimum atomic E-state index is -1.28. The smallest absolute Gasteiger partial charge is 0.223 e. The molecular weight excluding hydrogens is 352 g/mol. The monoisotopic (exact) mass is 368 g/mol. The predicted octanol–water partition coefficient (Wildman–Crippen LogP) is 3.42. The molecule has 0 saturated heterocycles. The fourth-order valence-corrected chi connectivity index (χ4v) is 3.23. The number of benzene rings is 2. The van der Waals surface area contributed by atoms with Gasteiger partial charge in [0.25, 0.3) is 0 Å². The van der Waals surface area contributed by atoms with Crippen LogP contribution in [0.15, 0.2) is 78.0 Å². The van der Waals surface area contributed by atoms with Gasteiger partial charge in [-0.25, -0.2) is 0 Å². The van der Waals surface area contributed by atoms with E-state index in [0.29, 0.717) is 5.69 Å². The molecule has 0 radical (unpaired) electrons. The predicted molar refractivity (Wildman–Crippen MR) is 108 cm³/mol. The van der Waals surface area contributed by atoms with Crippen molar-refractivity contribution in [1.82, 2.24) is 9.55 Å². The molecule has 0 spiro atoms. The van der Waals surface area contributed by atoms with Crippen molar-refractivity contribution in [3.8, 4) is 34.9 Å². The molecule has 4 rings (SSSR count). The Balaban J connectivity index is 1.92. The second-order valence-electron chi connectivity index (χ2n) is 6.35. The van der Waals surface area contributed by atoms with Gasteiger partial charge in [-0.2, -0.15) is 0 Å². The Bertz CT molecular complexity index is 1280. The fraction of sp³-hybridized carbons (Fsp3) is 0.0435. The molecule has 0 aliphatic carbocycles. The number of aromatic nitrogens is 2. The number of aliphatic hydroxyl groups is 1. The van der Waals surface area contributed by atoms with E-state index >= 15 is 0 Å². The molecule has 0 aliphatic rings. The van der Waals surface area contributed by atoms with Crippen molar-refractivity contribution < 1.29 is 10.2 Å². The molecule has 0 saturated carbocycles. The van der Waals surface area contributed by atoms with Crippen molar-refractivity contribution in [1.29, 1.82) is 0 Å². The standard InChI is InChI=1S/C23H16N2O3/c1-2-21(26)20-11-22(27)23(28)14-25(20)17-8-5-7-15(10-17)19-13-24-12-16-6-3-4-9-18(16)19/h1,3-14,21,26,28H. The Morgan fingerprint density at radius 2 is 1.89 bits per heavy atom. The second-order valence-corrected chi connectivity index (χ2v) is 6.35. The molecule has 2 aromatic heterocycles. The van der Waals surface area contributed by atoms with E-state index in [1.54, 1.807) is 12.3 Å². The van der Waals surface area contributed by atoms with Gasteiger partial charge in [0.05, 0.1) is 11.9 Å². The summed E-state index contributed by atoms with van der Waals surface area (Å²) in [6, 6.07) is 16.6. The molecule has 5 nitrogen and oxygen atoms in total. The van der Waals surface area contributed by atoms with Crippen LogP contribution in [-0.4, -0.2) is 19.8 Å². The third kappa shape index (κ3) is 3.02. The zero-order valence-corrected chi connectivity index (χ0v) is 14.8. The van der Waals surface area contributed by atoms with Gasteiger partial charge < -0.3 is 14.8 Å². The van der Waals surface area contributed by atoms with Gasteiger partial charge in [-0.15, -0.1) is 6.42 Å². The molecule has 4 aromatic rings. The number of pyridine rings is 2. The molecule has 2 aromatic carbocycles. The van der Waals surface area contributed by atoms with Crippen molar-refractivity contribution >= 4 is 10.8 Å². The van der Waals surface area contributed by atoms with E-state index in [1.165, 1.54) is 10.8 Å². The SMILES string of the molecule is C#CC(O)c1cc(=O)c(O)cn1-c1cccc(-c2cncc3ccccc23)c1. The van der Waals surface area contributed by atoms with Crippen LogP contribution in [0.25, 0.3) is 27.6 Å². The number of terminal acetylenes is 1. The highest BCUT2D eigenvalue weighted by atomic mass is 16.3. The topological polar surface area (TPSA) is 75.3 Å². The van der Waals surface area contributed by atoms with E-state index in [4.69, 9.17) is 6.42 Å². The highest BCUT2D eigenvalue weighted by molar-refractivity contribution is 5.95. The molecule has 136 valence electrons. The quantitative estimate of drug-likeness (QED) is 0.543. The van der Waals surface area contributed by atoms with E-state index in [-0.39, 0.29) is 5.69 Å². The Morgan fingerprint density at radius 1 is 1.07 bits per heavy atom. The van der Waals surface area contributed by atoms with Crippen LogP contribution in [0.2, 0.25) is 0 Å². The molecule has 2 N–H and O–H groups in total. The van der Waals surface area contributed by atoms with Gasteiger partial charge in [0, 0.05) is 35.1 Å². The van der Waals surface area contributed by atoms with Crippen LogP contribution < -0.4 is 5.43 Å². The van der Waals surface area contributed by atoms with Crippen molar-refractivity contribution in [2.45, 2.75) is 6.10 Å². The van der Waals surface area contributed by atoms with Crippen LogP contribution in [0.5, 0.6) is 5.75 Å². The number of hydrogen-bond donors (Lipinski definition) is 2. The molecule has 5 heteroatoms. The van der Waals surface area contributed by atoms with E-state index in [9.17, 15) is 15.0 Å². The second kappa shape index (κ2) is 7.03. The molecule has 0 bridgehead atoms. The average Bonchev–Trinajstić information content (AvgIpc) is 2.74. The lowest BCUT2D eigenvalue weighted by atomic mass is 10.0. The summed E-state index contributed by atoms with van der Waals surface area (Å²) in [5.41, 5.74) is 2.10. The first-order valence-corrected chi connectivity index (χ1v) is 8.62. The summed E-state index contributed by atoms with van der Waals surface area (Å²) in [5.74, 6) is 1.79. The molecule has 0 aliphatic heterocycles. The minimum absolute atomic E-state index is 0.207. The van der Waals surface area contributed by atoms with Crippen LogP contribution in [0.1, 0.15) is 11.8 Å². The number of fused-ring (bicyclic) bond motifs is 1. The fourth-order valence-electron chi connectivity index (χ4n) is 3.23. The summed E-state index contributed by atoms with van der Waals surface area (Å²) >= 11 is 0. The number of aliphatic hydroxyl groups excluding tert-OH is 1. The Kier molecular flexibility index (Phi) is 4.40. The van der Waals surface area contributed by atoms with Gasteiger partial charge >= 0.3 is 0 Å². The maximum absolute atomic E-state index is 11.8. The van der Waals surface area contributed by atoms with Gasteiger partial charge in [-0.05, 0) is 23.1 Å². The van der Waals surface area contributed by atoms with E-state index in [2.05, 4.69) is 10.9 Å². The van der Waals surface area contributed by atoms with Gasteiger partial charge in [-0.3, -0.25) is 9.78 Å². The summed E-state index contributed by atoms with van der Waals surface area (Å²) in [4.78, 5) is 16.1. The third-order valence-corrected chi connectivity index (χ3v) is 4.60. The Hall–Kier alpha value is -3.88. The summed E-state index contributed by atoms with van der Waals surface area (Å²) < 4.78 is 1.52. The maximum atomic E-state index is 11.8. The zero-order valence-electron chi connectivity index (χ0n) is 14.8. The van der Waals surface area contributed by atoms with E-state index in [0.717, 1.165) is 28.0 Å². The number of aromatic hydroxyl groups is 1. The first-order chi connectivity index (χ1) is 13.6. The first kappa shape index (κ1) is 17.5. The van der Waals surface area contributed by atoms with Crippen LogP contribution in [0, 0.1) is 12.3 Å². The van der Waals surface area contributed by atoms with Gasteiger partial charge in [0.2, 0.25) is 5.43 Å². The largest absolute Gasteiger partial charge is 0.503 e. The average molecular weight is 368 g/mol. The summed E-state index contributed by atoms with van der Waals surface area (Å²) in [7, 11) is 0. The zero-order chi connectivity index (χ0) is 19.7. The molecule has 28 heavy (non-hydrogen) atoms. The van der Waals surface area contributed by atoms with Crippen LogP contribution >= 0.6 is 0 Å². The number of rotatable bonds is 3. The van der Waals surface area contributed by atoms with Crippen LogP contribution in [-0.2, 0) is 0 Å². The summed E-state index contributed by atoms with van der Waals surface area (Å²) in [6.45, 7) is 0. The van der Waals surface area contributed by atoms with Crippen LogP contribution in [0.4, 0.5) is 0 Å². The van der Waals surface area contributed by atoms with Gasteiger partial charge in [0.1, 0.15) is 0 Å². The lowest BCUT2D eigenvalue weighted by Gasteiger charge is -2.16. The lowest BCUT2D eigenvalue weighted by molar-refractivity contribution is 0.230. The minimum Gasteiger partial charge on any atom is -0.503 e. The lowest BCUT2D eigenvalue weighted by Crippen LogP contribution is -2.13. The normalized spacial score (nSPS) is 11.9. The Morgan fingerprint density at radius 3 is 2.71 bits per heavy atom. The third-order valence-electron chi connectivity index (χ3n) is 4.60. The van der Waals surface area contributed by atoms with Crippen molar-refractivity contribution in [2.24, 2.45) is 0 Å². The number of hydrogen-bond acceptors (Lipinski definition) is 4. The van der Waals surface area contributed by atoms with Crippen molar-refractivity contribution in [3.05, 3.63) is 89.1 Å². The van der Waals surface area contributed by atoms with Crippen LogP contribution in [0.3, 0.4) is 0 Å². The molecular formula is C23H16N2O3. The maximum Gasteiger partial charge on any atom is 0.223 e. The number of nitrogens with zero attached hydrogens (tertiary/aromatic N) is 2. The molecule has 2 heterocycles. The molecule has 0 amide bonds. The van der Waals surface area contributed by atoms with E-state index < -0.39 is 17.3 Å². The Labute approximate surface area is 161 Å². The van der Waals surface area contributed by atoms with Crippen molar-refractivity contribution in [3.63, 3.8) is 0 Å². The molecule has 1 atom stereocenters. The highest BCUT2D eigenvalue weighted by Crippen LogP contribution is 2.29. The summed E-state index contributed by atoms with van der Waals surface area (Å²) in [6.07, 6.45) is 8.92. The van der Waals surface area contributed by atoms with Crippen molar-refractivity contribution in [2.75, 3.05) is 0 Å². The van der Waals surface area contributed by atoms with Gasteiger partial charge in [0.15, 0.2) is 11.9 Å². The summed E-state index contributed by atoms with van der Waals surface area (Å²) in [5, 5.41) is 22.1. The first-order valence-electron chi connectivity index (χ1n) is 8.62. The highest BCUT2D eigenvalue weighted by Gasteiger charge is 2.14.